The van der Waals surface area contributed by atoms with E-state index >= 15 is 0 Å². The highest BCUT2D eigenvalue weighted by Crippen LogP contribution is 2.37. The molecular weight excluding hydrogens is 464 g/mol. The van der Waals surface area contributed by atoms with Crippen molar-refractivity contribution >= 4 is 15.9 Å². The largest absolute Gasteiger partial charge is 0.487 e. The fourth-order valence-corrected chi connectivity index (χ4v) is 6.29. The van der Waals surface area contributed by atoms with Gasteiger partial charge >= 0.3 is 0 Å². The van der Waals surface area contributed by atoms with Crippen LogP contribution in [-0.2, 0) is 14.8 Å². The van der Waals surface area contributed by atoms with Crippen molar-refractivity contribution < 1.29 is 23.1 Å². The lowest BCUT2D eigenvalue weighted by Crippen LogP contribution is -2.50. The second-order valence-corrected chi connectivity index (χ2v) is 12.0. The zero-order valence-corrected chi connectivity index (χ0v) is 21.8. The number of aliphatic hydroxyl groups excluding tert-OH is 1. The minimum atomic E-state index is -3.90. The van der Waals surface area contributed by atoms with Crippen molar-refractivity contribution in [1.29, 1.82) is 0 Å². The lowest BCUT2D eigenvalue weighted by molar-refractivity contribution is -0.131. The van der Waals surface area contributed by atoms with E-state index in [0.29, 0.717) is 18.9 Å². The Labute approximate surface area is 208 Å². The molecule has 2 aliphatic rings. The summed E-state index contributed by atoms with van der Waals surface area (Å²) in [7, 11) is -2.11. The average molecular weight is 501 g/mol. The van der Waals surface area contributed by atoms with Crippen LogP contribution in [0.3, 0.4) is 0 Å². The Balaban J connectivity index is 1.72. The summed E-state index contributed by atoms with van der Waals surface area (Å²) in [5, 5.41) is 9.81. The van der Waals surface area contributed by atoms with E-state index in [1.54, 1.807) is 37.1 Å². The third-order valence-electron chi connectivity index (χ3n) is 7.09. The van der Waals surface area contributed by atoms with Gasteiger partial charge in [-0.2, -0.15) is 4.31 Å². The molecule has 3 atom stereocenters. The zero-order chi connectivity index (χ0) is 25.3. The number of rotatable bonds is 7. The number of hydrogen-bond donors (Lipinski definition) is 1. The van der Waals surface area contributed by atoms with Gasteiger partial charge in [0.15, 0.2) is 0 Å². The second-order valence-electron chi connectivity index (χ2n) is 10.2. The summed E-state index contributed by atoms with van der Waals surface area (Å²) in [4.78, 5) is 14.5. The van der Waals surface area contributed by atoms with Crippen molar-refractivity contribution in [2.75, 3.05) is 26.7 Å². The van der Waals surface area contributed by atoms with Crippen LogP contribution in [0.4, 0.5) is 0 Å². The quantitative estimate of drug-likeness (QED) is 0.627. The molecule has 1 fully saturated rings. The van der Waals surface area contributed by atoms with Gasteiger partial charge in [0.2, 0.25) is 15.9 Å². The summed E-state index contributed by atoms with van der Waals surface area (Å²) in [5.41, 5.74) is 2.95. The minimum absolute atomic E-state index is 0.0810. The van der Waals surface area contributed by atoms with Crippen LogP contribution in [0.2, 0.25) is 0 Å². The monoisotopic (exact) mass is 500 g/mol. The molecule has 0 unspecified atom stereocenters. The van der Waals surface area contributed by atoms with Gasteiger partial charge in [0.25, 0.3) is 0 Å². The average Bonchev–Trinajstić information content (AvgIpc) is 3.65. The third kappa shape index (κ3) is 5.71. The molecule has 0 bridgehead atoms. The SMILES string of the molecule is Cc1ccc(-c2ccc3c(c2)O[C@@H](CN(C)C(=O)CC2CC2)[C@H](C)CN([C@H](C)CO)S3(=O)=O)cc1. The number of carbonyl (C=O) groups excluding carboxylic acids is 1. The molecule has 1 heterocycles. The molecule has 8 heteroatoms. The molecule has 7 nitrogen and oxygen atoms in total. The number of ether oxygens (including phenoxy) is 1. The number of amides is 1. The van der Waals surface area contributed by atoms with E-state index in [1.807, 2.05) is 38.1 Å². The summed E-state index contributed by atoms with van der Waals surface area (Å²) >= 11 is 0. The molecule has 0 spiro atoms. The van der Waals surface area contributed by atoms with Gasteiger partial charge in [-0.25, -0.2) is 8.42 Å². The Morgan fingerprint density at radius 2 is 1.83 bits per heavy atom. The molecule has 1 aliphatic carbocycles. The fraction of sp³-hybridized carbons (Fsp3) is 0.519. The van der Waals surface area contributed by atoms with E-state index in [1.165, 1.54) is 4.31 Å². The van der Waals surface area contributed by atoms with Gasteiger partial charge in [-0.1, -0.05) is 42.8 Å². The van der Waals surface area contributed by atoms with Crippen molar-refractivity contribution in [2.24, 2.45) is 11.8 Å². The van der Waals surface area contributed by atoms with Gasteiger partial charge in [0, 0.05) is 32.0 Å². The number of hydrogen-bond acceptors (Lipinski definition) is 5. The summed E-state index contributed by atoms with van der Waals surface area (Å²) in [6, 6.07) is 12.6. The molecule has 2 aromatic carbocycles. The standard InChI is InChI=1S/C27H36N2O5S/c1-18-5-9-22(10-6-18)23-11-12-26-24(14-23)34-25(16-28(4)27(31)13-21-7-8-21)19(2)15-29(20(3)17-30)35(26,32)33/h5-6,9-12,14,19-21,25,30H,7-8,13,15-17H2,1-4H3/t19-,20-,25+/m1/s1. The van der Waals surface area contributed by atoms with Gasteiger partial charge in [0.05, 0.1) is 13.2 Å². The van der Waals surface area contributed by atoms with Crippen molar-refractivity contribution in [3.63, 3.8) is 0 Å². The van der Waals surface area contributed by atoms with E-state index in [4.69, 9.17) is 4.74 Å². The lowest BCUT2D eigenvalue weighted by atomic mass is 10.0. The van der Waals surface area contributed by atoms with E-state index in [9.17, 15) is 18.3 Å². The normalized spacial score (nSPS) is 22.9. The van der Waals surface area contributed by atoms with Crippen LogP contribution in [0, 0.1) is 18.8 Å². The molecule has 1 amide bonds. The number of nitrogens with zero attached hydrogens (tertiary/aromatic N) is 2. The van der Waals surface area contributed by atoms with Crippen LogP contribution < -0.4 is 4.74 Å². The highest BCUT2D eigenvalue weighted by Gasteiger charge is 2.38. The Kier molecular flexibility index (Phi) is 7.54. The smallest absolute Gasteiger partial charge is 0.247 e. The highest BCUT2D eigenvalue weighted by molar-refractivity contribution is 7.89. The second kappa shape index (κ2) is 10.3. The van der Waals surface area contributed by atoms with Gasteiger partial charge < -0.3 is 14.7 Å². The topological polar surface area (TPSA) is 87.2 Å². The number of aliphatic hydroxyl groups is 1. The molecule has 0 aromatic heterocycles. The van der Waals surface area contributed by atoms with Gasteiger partial charge in [-0.15, -0.1) is 0 Å². The van der Waals surface area contributed by atoms with Crippen LogP contribution in [0.5, 0.6) is 5.75 Å². The first-order chi connectivity index (χ1) is 16.6. The van der Waals surface area contributed by atoms with Gasteiger partial charge in [0.1, 0.15) is 16.7 Å². The first-order valence-corrected chi connectivity index (χ1v) is 13.8. The van der Waals surface area contributed by atoms with Gasteiger partial charge in [-0.3, -0.25) is 4.79 Å². The summed E-state index contributed by atoms with van der Waals surface area (Å²) in [6.45, 7) is 5.93. The molecule has 190 valence electrons. The molecule has 4 rings (SSSR count). The first-order valence-electron chi connectivity index (χ1n) is 12.3. The Morgan fingerprint density at radius 1 is 1.17 bits per heavy atom. The molecule has 0 radical (unpaired) electrons. The molecule has 1 N–H and O–H groups in total. The number of sulfonamides is 1. The fourth-order valence-electron chi connectivity index (χ4n) is 4.47. The maximum absolute atomic E-state index is 13.7. The Hall–Kier alpha value is -2.42. The van der Waals surface area contributed by atoms with Crippen LogP contribution in [-0.4, -0.2) is 67.5 Å². The van der Waals surface area contributed by atoms with Crippen molar-refractivity contribution in [3.8, 4) is 16.9 Å². The number of aryl methyl sites for hydroxylation is 1. The number of fused-ring (bicyclic) bond motifs is 1. The zero-order valence-electron chi connectivity index (χ0n) is 21.0. The Morgan fingerprint density at radius 3 is 2.46 bits per heavy atom. The minimum Gasteiger partial charge on any atom is -0.487 e. The van der Waals surface area contributed by atoms with Crippen LogP contribution >= 0.6 is 0 Å². The predicted molar refractivity (Wildman–Crippen MR) is 136 cm³/mol. The molecule has 35 heavy (non-hydrogen) atoms. The summed E-state index contributed by atoms with van der Waals surface area (Å²) in [5.74, 6) is 0.653. The number of benzene rings is 2. The van der Waals surface area contributed by atoms with Crippen molar-refractivity contribution in [3.05, 3.63) is 48.0 Å². The molecular formula is C27H36N2O5S. The van der Waals surface area contributed by atoms with Crippen LogP contribution in [0.25, 0.3) is 11.1 Å². The van der Waals surface area contributed by atoms with Crippen molar-refractivity contribution in [2.45, 2.75) is 57.1 Å². The number of carbonyl (C=O) groups is 1. The first kappa shape index (κ1) is 25.7. The van der Waals surface area contributed by atoms with E-state index in [2.05, 4.69) is 0 Å². The maximum atomic E-state index is 13.7. The van der Waals surface area contributed by atoms with Crippen molar-refractivity contribution in [1.82, 2.24) is 9.21 Å². The number of likely N-dealkylation sites (N-methyl/N-ethyl adjacent to an activating group) is 1. The van der Waals surface area contributed by atoms with E-state index in [-0.39, 0.29) is 35.6 Å². The maximum Gasteiger partial charge on any atom is 0.247 e. The molecule has 0 saturated heterocycles. The predicted octanol–water partition coefficient (Wildman–Crippen LogP) is 3.69. The lowest BCUT2D eigenvalue weighted by Gasteiger charge is -2.37. The van der Waals surface area contributed by atoms with E-state index < -0.39 is 22.2 Å². The van der Waals surface area contributed by atoms with Gasteiger partial charge in [-0.05, 0) is 55.9 Å². The Bertz CT molecular complexity index is 1160. The highest BCUT2D eigenvalue weighted by atomic mass is 32.2. The summed E-state index contributed by atoms with van der Waals surface area (Å²) < 4.78 is 35.1. The van der Waals surface area contributed by atoms with E-state index in [0.717, 1.165) is 29.5 Å². The third-order valence-corrected chi connectivity index (χ3v) is 9.11. The molecule has 1 saturated carbocycles. The van der Waals surface area contributed by atoms with Crippen LogP contribution in [0.15, 0.2) is 47.4 Å². The molecule has 2 aromatic rings. The summed E-state index contributed by atoms with van der Waals surface area (Å²) in [6.07, 6.45) is 2.36. The van der Waals surface area contributed by atoms with Crippen LogP contribution in [0.1, 0.15) is 38.7 Å². The molecule has 1 aliphatic heterocycles.